The van der Waals surface area contributed by atoms with Gasteiger partial charge in [-0.15, -0.1) is 15.3 Å². The number of ether oxygens (including phenoxy) is 3. The van der Waals surface area contributed by atoms with Crippen molar-refractivity contribution in [2.24, 2.45) is 0 Å². The lowest BCUT2D eigenvalue weighted by Gasteiger charge is -2.17. The van der Waals surface area contributed by atoms with E-state index >= 15 is 0 Å². The van der Waals surface area contributed by atoms with Crippen LogP contribution in [0, 0.1) is 38.2 Å². The Labute approximate surface area is 676 Å². The quantitative estimate of drug-likeness (QED) is 0.0168. The number of aliphatic hydroxyl groups is 9. The third kappa shape index (κ3) is 17.5. The first kappa shape index (κ1) is 48.6. The number of anilines is 3. The molecule has 6 aliphatic rings. The van der Waals surface area contributed by atoms with Crippen molar-refractivity contribution >= 4 is 86.2 Å². The molecule has 0 unspecified atom stereocenters. The van der Waals surface area contributed by atoms with Gasteiger partial charge in [-0.1, -0.05) is 108 Å². The second-order valence-corrected chi connectivity index (χ2v) is 27.1. The number of aliphatic hydroxyl groups excluding tert-OH is 8. The van der Waals surface area contributed by atoms with Crippen molar-refractivity contribution < 1.29 is 116 Å². The summed E-state index contributed by atoms with van der Waals surface area (Å²) in [6.45, 7) is 0.671. The van der Waals surface area contributed by atoms with Crippen LogP contribution in [0.25, 0.3) is 33.5 Å². The number of aromatic nitrogens is 15. The lowest BCUT2D eigenvalue weighted by molar-refractivity contribution is -0.0629. The van der Waals surface area contributed by atoms with Crippen LogP contribution in [-0.4, -0.2) is 250 Å². The molecule has 9 aromatic rings. The molecule has 0 amide bonds. The first-order chi connectivity index (χ1) is 64.0. The second kappa shape index (κ2) is 35.1. The zero-order valence-electron chi connectivity index (χ0n) is 88.8. The summed E-state index contributed by atoms with van der Waals surface area (Å²) in [5.74, 6) is -13.3. The molecule has 15 rings (SSSR count). The molecule has 0 aliphatic heterocycles. The van der Waals surface area contributed by atoms with Crippen LogP contribution in [0.1, 0.15) is 190 Å². The lowest BCUT2D eigenvalue weighted by atomic mass is 10.1. The molecule has 0 saturated heterocycles. The summed E-state index contributed by atoms with van der Waals surface area (Å²) in [5.41, 5.74) is -10.4. The van der Waals surface area contributed by atoms with E-state index in [1.165, 1.54) is 6.92 Å². The van der Waals surface area contributed by atoms with Crippen LogP contribution >= 0.6 is 35.3 Å². The van der Waals surface area contributed by atoms with Crippen molar-refractivity contribution in [1.29, 1.82) is 0 Å². The molecule has 108 heavy (non-hydrogen) atoms. The third-order valence-electron chi connectivity index (χ3n) is 17.3. The highest BCUT2D eigenvalue weighted by molar-refractivity contribution is 7.99. The molecule has 6 heterocycles. The summed E-state index contributed by atoms with van der Waals surface area (Å²) in [6, 6.07) is -18.9. The second-order valence-electron chi connectivity index (χ2n) is 24.5. The van der Waals surface area contributed by atoms with Crippen LogP contribution in [0.5, 0.6) is 0 Å². The normalized spacial score (nSPS) is 37.9. The Morgan fingerprint density at radius 3 is 1.11 bits per heavy atom. The molecule has 30 nitrogen and oxygen atoms in total. The van der Waals surface area contributed by atoms with Crippen molar-refractivity contribution in [2.75, 3.05) is 72.6 Å². The third-order valence-corrected chi connectivity index (χ3v) is 19.7. The standard InChI is InChI=1S/3C24H31FN6O4S/c3*1-3-8-36-24-27-22(26-16-10-14(16)13-5-4-12(2)15(25)9-13)19-23(28-24)31(30-29-19)17-11-18(35-7-6-32)21(34)20(17)33/h3*4-5,9,14,16-18,20-21,32-34H,3,6-8,10-11H2,1-2H3,(H,26,27,28)/t3*14-,16+,17+,18-,20-,21+/m000/s1/i4D,5D,7D2,8D2,9D,10D2,14D,16D;4D,5D,6D2,8D2,9D,10D2,14D,16D;4D,5D,8D2,9D,10D2,14D,16D. The zero-order valence-corrected chi connectivity index (χ0v) is 60.3. The van der Waals surface area contributed by atoms with Crippen LogP contribution in [0.2, 0.25) is 0 Å². The maximum atomic E-state index is 14.9. The first-order valence-corrected chi connectivity index (χ1v) is 36.0. The van der Waals surface area contributed by atoms with Gasteiger partial charge >= 0.3 is 0 Å². The largest absolute Gasteiger partial charge is 0.394 e. The van der Waals surface area contributed by atoms with Gasteiger partial charge in [0.1, 0.15) is 54.1 Å². The monoisotopic (exact) mass is 1590 g/mol. The van der Waals surface area contributed by atoms with Crippen molar-refractivity contribution in [3.05, 3.63) is 105 Å². The van der Waals surface area contributed by atoms with E-state index in [0.29, 0.717) is 35.3 Å². The molecule has 6 fully saturated rings. The van der Waals surface area contributed by atoms with Crippen LogP contribution in [0.3, 0.4) is 0 Å². The summed E-state index contributed by atoms with van der Waals surface area (Å²) < 4.78 is 322. The molecule has 582 valence electrons. The molecule has 0 spiro atoms. The van der Waals surface area contributed by atoms with E-state index in [1.54, 1.807) is 20.8 Å². The zero-order chi connectivity index (χ0) is 104. The van der Waals surface area contributed by atoms with Gasteiger partial charge in [0.15, 0.2) is 66.4 Å². The topological polar surface area (TPSA) is 415 Å². The Kier molecular flexibility index (Phi) is 15.8. The summed E-state index contributed by atoms with van der Waals surface area (Å²) >= 11 is 1.70. The smallest absolute Gasteiger partial charge is 0.191 e. The van der Waals surface area contributed by atoms with Gasteiger partial charge in [0.2, 0.25) is 0 Å². The average Bonchev–Trinajstić information content (AvgIpc) is 1.48. The highest BCUT2D eigenvalue weighted by Gasteiger charge is 2.49. The number of hydrogen-bond donors (Lipinski definition) is 12. The van der Waals surface area contributed by atoms with Crippen LogP contribution in [0.4, 0.5) is 30.6 Å². The minimum atomic E-state index is -2.92. The number of nitrogens with one attached hydrogen (secondary N) is 3. The predicted molar refractivity (Wildman–Crippen MR) is 398 cm³/mol. The van der Waals surface area contributed by atoms with Crippen molar-refractivity contribution in [3.8, 4) is 0 Å². The van der Waals surface area contributed by atoms with Crippen molar-refractivity contribution in [1.82, 2.24) is 74.9 Å². The molecular weight excluding hydrogens is 1460 g/mol. The SMILES string of the molecule is [2H]c1c([2H])c([C@]2([2H])C([2H])([2H])[C@@]2([2H])Nc2nc(SC([2H])([2H])CC)nc3c2nnn3[C@@H]2C[C@H](OC([2H])([2H])CO)[C@@H](O)[C@H]2O)c([2H])c(F)c1C.[2H]c1c([2H])c([C@]2([2H])C([2H])([2H])[C@@]2([2H])Nc2nc(SC([2H])([2H])CC)nc3c2nnn3[C@@H]2C[C@H](OCC([2H])([2H])O)[C@@H](O)[C@H]2O)c([2H])c(F)c1C.[2H]c1c([2H])c([C@]2([2H])C([2H])([2H])[C@@]2([2H])Nc2nc(SC([2H])([2H])CC)nc3c2nnn3[C@@H]2C[C@H](OCCO)[C@@H](O)[C@H]2O)c([2H])c(F)c1C. The number of nitrogens with zero attached hydrogens (tertiary/aromatic N) is 15. The van der Waals surface area contributed by atoms with Gasteiger partial charge in [-0.2, -0.15) is 0 Å². The van der Waals surface area contributed by atoms with E-state index in [1.807, 2.05) is 0 Å². The number of hydrogen-bond acceptors (Lipinski definition) is 30. The van der Waals surface area contributed by atoms with Crippen molar-refractivity contribution in [3.63, 3.8) is 0 Å². The van der Waals surface area contributed by atoms with E-state index in [4.69, 9.17) is 61.8 Å². The predicted octanol–water partition coefficient (Wildman–Crippen LogP) is 6.55. The summed E-state index contributed by atoms with van der Waals surface area (Å²) in [7, 11) is 0. The number of fused-ring (bicyclic) bond motifs is 3. The van der Waals surface area contributed by atoms with E-state index in [-0.39, 0.29) is 123 Å². The molecule has 18 atom stereocenters. The molecule has 6 aliphatic carbocycles. The fourth-order valence-corrected chi connectivity index (χ4v) is 13.3. The Morgan fingerprint density at radius 1 is 0.481 bits per heavy atom. The van der Waals surface area contributed by atoms with Gasteiger partial charge in [-0.05, 0) is 111 Å². The minimum absolute atomic E-state index is 0.00198. The lowest BCUT2D eigenvalue weighted by Crippen LogP contribution is -2.33. The van der Waals surface area contributed by atoms with E-state index < -0.39 is 272 Å². The first-order valence-electron chi connectivity index (χ1n) is 49.0. The van der Waals surface area contributed by atoms with Gasteiger partial charge in [0.25, 0.3) is 0 Å². The summed E-state index contributed by atoms with van der Waals surface area (Å²) in [6.07, 6.45) is -21.6. The summed E-state index contributed by atoms with van der Waals surface area (Å²) in [4.78, 5) is 25.7. The molecule has 12 N–H and O–H groups in total. The highest BCUT2D eigenvalue weighted by Crippen LogP contribution is 2.48. The minimum Gasteiger partial charge on any atom is -0.394 e. The van der Waals surface area contributed by atoms with Gasteiger partial charge < -0.3 is 76.1 Å². The number of thioether (sulfide) groups is 3. The fourth-order valence-electron chi connectivity index (χ4n) is 11.7. The van der Waals surface area contributed by atoms with E-state index in [2.05, 4.69) is 76.8 Å². The van der Waals surface area contributed by atoms with Gasteiger partial charge in [-0.25, -0.2) is 57.1 Å². The van der Waals surface area contributed by atoms with Crippen LogP contribution in [-0.2, 0) is 14.2 Å². The maximum absolute atomic E-state index is 14.9. The molecule has 3 aromatic carbocycles. The number of halogens is 3. The molecule has 0 radical (unpaired) electrons. The number of benzene rings is 3. The van der Waals surface area contributed by atoms with Crippen LogP contribution < -0.4 is 16.0 Å². The Morgan fingerprint density at radius 2 is 0.806 bits per heavy atom. The number of rotatable bonds is 30. The van der Waals surface area contributed by atoms with Gasteiger partial charge in [0.05, 0.1) is 97.9 Å². The average molecular weight is 1590 g/mol. The van der Waals surface area contributed by atoms with Gasteiger partial charge in [-0.3, -0.25) is 0 Å². The van der Waals surface area contributed by atoms with Crippen LogP contribution in [0.15, 0.2) is 69.9 Å². The maximum Gasteiger partial charge on any atom is 0.191 e. The molecule has 36 heteroatoms. The molecule has 0 bridgehead atoms. The Balaban J connectivity index is 0.000000176. The summed E-state index contributed by atoms with van der Waals surface area (Å²) in [5, 5.41) is 123. The molecular formula is C72H93F3N18O12S3. The fraction of sp³-hybridized carbons (Fsp3) is 0.583. The van der Waals surface area contributed by atoms with E-state index in [9.17, 15) is 54.0 Å². The van der Waals surface area contributed by atoms with Crippen molar-refractivity contribution in [2.45, 2.75) is 223 Å². The van der Waals surface area contributed by atoms with E-state index in [0.717, 1.165) is 27.9 Å². The Hall–Kier alpha value is -7.14. The van der Waals surface area contributed by atoms with Gasteiger partial charge in [0, 0.05) is 92.7 Å². The molecule has 6 saturated carbocycles. The molecule has 6 aromatic heterocycles. The highest BCUT2D eigenvalue weighted by atomic mass is 32.2. The Bertz CT molecular complexity index is 6210.